The molecule has 3 aliphatic rings. The van der Waals surface area contributed by atoms with Crippen LogP contribution in [0.3, 0.4) is 0 Å². The summed E-state index contributed by atoms with van der Waals surface area (Å²) >= 11 is 1.80. The number of hydrazine groups is 1. The van der Waals surface area contributed by atoms with E-state index < -0.39 is 18.1 Å². The molecule has 4 rings (SSSR count). The second kappa shape index (κ2) is 12.8. The third kappa shape index (κ3) is 7.39. The van der Waals surface area contributed by atoms with Crippen LogP contribution in [0.15, 0.2) is 17.1 Å². The average molecular weight is 582 g/mol. The number of benzene rings is 1. The van der Waals surface area contributed by atoms with Gasteiger partial charge in [-0.15, -0.1) is 0 Å². The highest BCUT2D eigenvalue weighted by Crippen LogP contribution is 2.38. The molecule has 2 aliphatic heterocycles. The van der Waals surface area contributed by atoms with Crippen LogP contribution < -0.4 is 10.7 Å². The predicted octanol–water partition coefficient (Wildman–Crippen LogP) is 5.21. The number of alkyl halides is 3. The van der Waals surface area contributed by atoms with E-state index in [0.29, 0.717) is 18.4 Å². The number of amides is 2. The molecular weight excluding hydrogens is 539 g/mol. The van der Waals surface area contributed by atoms with Crippen molar-refractivity contribution in [3.8, 4) is 0 Å². The summed E-state index contributed by atoms with van der Waals surface area (Å²) < 4.78 is 40.0. The van der Waals surface area contributed by atoms with Gasteiger partial charge in [0.1, 0.15) is 11.4 Å². The minimum absolute atomic E-state index is 0.0175. The molecule has 1 aliphatic carbocycles. The largest absolute Gasteiger partial charge is 0.389 e. The second-order valence-electron chi connectivity index (χ2n) is 11.5. The molecule has 2 amide bonds. The molecule has 2 fully saturated rings. The van der Waals surface area contributed by atoms with Crippen molar-refractivity contribution in [3.05, 3.63) is 34.4 Å². The van der Waals surface area contributed by atoms with Gasteiger partial charge in [0.15, 0.2) is 0 Å². The number of rotatable bonds is 9. The van der Waals surface area contributed by atoms with E-state index in [-0.39, 0.29) is 30.1 Å². The van der Waals surface area contributed by atoms with Gasteiger partial charge in [0.05, 0.1) is 0 Å². The lowest BCUT2D eigenvalue weighted by Crippen LogP contribution is -2.47. The Morgan fingerprint density at radius 3 is 2.38 bits per heavy atom. The number of nitrogens with zero attached hydrogens (tertiary/aromatic N) is 3. The van der Waals surface area contributed by atoms with Crippen LogP contribution in [0.25, 0.3) is 0 Å². The first-order valence-electron chi connectivity index (χ1n) is 14.3. The Bertz CT molecular complexity index is 1090. The van der Waals surface area contributed by atoms with Gasteiger partial charge in [-0.2, -0.15) is 13.2 Å². The predicted molar refractivity (Wildman–Crippen MR) is 153 cm³/mol. The molecule has 0 radical (unpaired) electrons. The molecule has 0 unspecified atom stereocenters. The number of piperidine rings is 1. The fourth-order valence-corrected chi connectivity index (χ4v) is 7.23. The third-order valence-electron chi connectivity index (χ3n) is 8.83. The Hall–Kier alpha value is -2.11. The van der Waals surface area contributed by atoms with Gasteiger partial charge in [-0.25, -0.2) is 5.43 Å². The van der Waals surface area contributed by atoms with Gasteiger partial charge in [-0.1, -0.05) is 11.9 Å². The van der Waals surface area contributed by atoms with Crippen LogP contribution in [0.1, 0.15) is 78.4 Å². The van der Waals surface area contributed by atoms with Crippen molar-refractivity contribution in [2.45, 2.75) is 83.4 Å². The molecule has 2 N–H and O–H groups in total. The van der Waals surface area contributed by atoms with Gasteiger partial charge in [0, 0.05) is 50.8 Å². The van der Waals surface area contributed by atoms with Gasteiger partial charge < -0.3 is 5.32 Å². The zero-order chi connectivity index (χ0) is 29.1. The number of carbonyl (C=O) groups is 2. The normalized spacial score (nSPS) is 23.3. The molecule has 1 saturated heterocycles. The van der Waals surface area contributed by atoms with E-state index in [4.69, 9.17) is 4.99 Å². The fourth-order valence-electron chi connectivity index (χ4n) is 6.23. The van der Waals surface area contributed by atoms with Crippen molar-refractivity contribution in [3.63, 3.8) is 0 Å². The summed E-state index contributed by atoms with van der Waals surface area (Å²) in [4.78, 5) is 30.4. The van der Waals surface area contributed by atoms with Crippen LogP contribution >= 0.6 is 11.9 Å². The number of amidine groups is 1. The van der Waals surface area contributed by atoms with Gasteiger partial charge in [-0.05, 0) is 100.0 Å². The van der Waals surface area contributed by atoms with Crippen molar-refractivity contribution in [1.82, 2.24) is 20.1 Å². The smallest absolute Gasteiger partial charge is 0.312 e. The van der Waals surface area contributed by atoms with E-state index in [1.807, 2.05) is 12.1 Å². The molecule has 11 heteroatoms. The first-order valence-corrected chi connectivity index (χ1v) is 15.3. The topological polar surface area (TPSA) is 77.0 Å². The maximum atomic E-state index is 13.0. The summed E-state index contributed by atoms with van der Waals surface area (Å²) in [7, 11) is 3.42. The second-order valence-corrected chi connectivity index (χ2v) is 12.7. The molecule has 222 valence electrons. The zero-order valence-electron chi connectivity index (χ0n) is 24.0. The summed E-state index contributed by atoms with van der Waals surface area (Å²) in [6.07, 6.45) is 0.747. The van der Waals surface area contributed by atoms with Crippen molar-refractivity contribution < 1.29 is 22.8 Å². The lowest BCUT2D eigenvalue weighted by Gasteiger charge is -2.34. The van der Waals surface area contributed by atoms with Crippen LogP contribution in [0.4, 0.5) is 13.2 Å². The minimum atomic E-state index is -4.09. The zero-order valence-corrected chi connectivity index (χ0v) is 24.8. The number of hydrogen-bond acceptors (Lipinski definition) is 6. The Balaban J connectivity index is 1.24. The molecule has 40 heavy (non-hydrogen) atoms. The fraction of sp³-hybridized carbons (Fsp3) is 0.690. The Morgan fingerprint density at radius 2 is 1.80 bits per heavy atom. The van der Waals surface area contributed by atoms with Crippen LogP contribution in [-0.4, -0.2) is 71.6 Å². The number of hydrogen-bond donors (Lipinski definition) is 2. The highest BCUT2D eigenvalue weighted by atomic mass is 32.2. The molecule has 0 atom stereocenters. The molecule has 1 aromatic carbocycles. The maximum absolute atomic E-state index is 13.0. The molecule has 0 bridgehead atoms. The van der Waals surface area contributed by atoms with E-state index in [0.717, 1.165) is 67.9 Å². The van der Waals surface area contributed by atoms with E-state index in [1.165, 1.54) is 10.6 Å². The highest BCUT2D eigenvalue weighted by molar-refractivity contribution is 7.97. The van der Waals surface area contributed by atoms with E-state index in [1.54, 1.807) is 26.0 Å². The number of halogens is 3. The SMILES string of the molecule is CNN(C)C(=O)c1cc(C)c(CCSN2CCC3(CC2)N=C(C2CCC(CCC(F)(F)F)CC2)NC3=O)c(C)c1. The lowest BCUT2D eigenvalue weighted by atomic mass is 9.79. The number of aliphatic imine (C=N–C) groups is 1. The monoisotopic (exact) mass is 581 g/mol. The quantitative estimate of drug-likeness (QED) is 0.309. The summed E-state index contributed by atoms with van der Waals surface area (Å²) in [5.74, 6) is 1.84. The lowest BCUT2D eigenvalue weighted by molar-refractivity contribution is -0.138. The molecular formula is C29H42F3N5O2S. The Kier molecular flexibility index (Phi) is 9.88. The van der Waals surface area contributed by atoms with Crippen molar-refractivity contribution in [2.24, 2.45) is 16.8 Å². The standard InChI is InChI=1S/C29H42F3N5O2S/c1-19-17-23(26(38)36(4)33-3)18-20(2)24(19)10-16-40-37-14-12-28(13-15-37)27(39)34-25(35-28)22-7-5-21(6-8-22)9-11-29(30,31)32/h17-18,21-22,33H,5-16H2,1-4H3,(H,34,35,39). The minimum Gasteiger partial charge on any atom is -0.312 e. The maximum Gasteiger partial charge on any atom is 0.389 e. The first-order chi connectivity index (χ1) is 18.9. The van der Waals surface area contributed by atoms with Crippen LogP contribution in [0.5, 0.6) is 0 Å². The summed E-state index contributed by atoms with van der Waals surface area (Å²) in [5, 5.41) is 4.52. The molecule has 1 aromatic rings. The van der Waals surface area contributed by atoms with Gasteiger partial charge in [0.25, 0.3) is 11.8 Å². The van der Waals surface area contributed by atoms with Crippen LogP contribution in [0.2, 0.25) is 0 Å². The summed E-state index contributed by atoms with van der Waals surface area (Å²) in [5.41, 5.74) is 6.32. The summed E-state index contributed by atoms with van der Waals surface area (Å²) in [6.45, 7) is 5.66. The molecule has 1 spiro atoms. The molecule has 7 nitrogen and oxygen atoms in total. The van der Waals surface area contributed by atoms with E-state index >= 15 is 0 Å². The third-order valence-corrected chi connectivity index (χ3v) is 9.94. The van der Waals surface area contributed by atoms with E-state index in [9.17, 15) is 22.8 Å². The van der Waals surface area contributed by atoms with Crippen LogP contribution in [0, 0.1) is 25.7 Å². The number of nitrogens with one attached hydrogen (secondary N) is 2. The number of aryl methyl sites for hydroxylation is 2. The van der Waals surface area contributed by atoms with Crippen molar-refractivity contribution >= 4 is 29.6 Å². The molecule has 0 aromatic heterocycles. The first kappa shape index (κ1) is 30.8. The van der Waals surface area contributed by atoms with E-state index in [2.05, 4.69) is 28.9 Å². The van der Waals surface area contributed by atoms with Crippen molar-refractivity contribution in [2.75, 3.05) is 32.9 Å². The van der Waals surface area contributed by atoms with Gasteiger partial charge >= 0.3 is 6.18 Å². The van der Waals surface area contributed by atoms with Gasteiger partial charge in [-0.3, -0.25) is 23.9 Å². The Labute approximate surface area is 239 Å². The molecule has 2 heterocycles. The van der Waals surface area contributed by atoms with Gasteiger partial charge in [0.2, 0.25) is 0 Å². The van der Waals surface area contributed by atoms with Crippen LogP contribution in [-0.2, 0) is 11.2 Å². The average Bonchev–Trinajstić information content (AvgIpc) is 3.24. The van der Waals surface area contributed by atoms with Crippen molar-refractivity contribution in [1.29, 1.82) is 0 Å². The highest BCUT2D eigenvalue weighted by Gasteiger charge is 2.47. The molecule has 1 saturated carbocycles. The Morgan fingerprint density at radius 1 is 1.18 bits per heavy atom. The summed E-state index contributed by atoms with van der Waals surface area (Å²) in [6, 6.07) is 3.91. The number of carbonyl (C=O) groups excluding carboxylic acids is 2.